The highest BCUT2D eigenvalue weighted by Gasteiger charge is 2.09. The fourth-order valence-corrected chi connectivity index (χ4v) is 1.83. The number of ether oxygens (including phenoxy) is 1. The predicted octanol–water partition coefficient (Wildman–Crippen LogP) is 2.45. The van der Waals surface area contributed by atoms with Crippen molar-refractivity contribution in [1.82, 2.24) is 19.8 Å². The first-order chi connectivity index (χ1) is 8.78. The van der Waals surface area contributed by atoms with Crippen LogP contribution in [0.3, 0.4) is 0 Å². The number of rotatable bonds is 2. The molecule has 5 nitrogen and oxygen atoms in total. The van der Waals surface area contributed by atoms with Gasteiger partial charge in [-0.05, 0) is 36.4 Å². The van der Waals surface area contributed by atoms with Crippen molar-refractivity contribution in [1.29, 1.82) is 0 Å². The molecule has 0 amide bonds. The maximum absolute atomic E-state index is 5.88. The summed E-state index contributed by atoms with van der Waals surface area (Å²) in [6.45, 7) is 0. The first kappa shape index (κ1) is 11.0. The van der Waals surface area contributed by atoms with Crippen LogP contribution in [0.1, 0.15) is 0 Å². The van der Waals surface area contributed by atoms with Crippen LogP contribution in [0, 0.1) is 0 Å². The minimum atomic E-state index is 0.400. The maximum atomic E-state index is 5.88. The average molecular weight is 261 g/mol. The van der Waals surface area contributed by atoms with E-state index in [4.69, 9.17) is 16.3 Å². The molecule has 0 saturated carbocycles. The van der Waals surface area contributed by atoms with Gasteiger partial charge in [-0.15, -0.1) is 10.2 Å². The van der Waals surface area contributed by atoms with E-state index in [9.17, 15) is 0 Å². The van der Waals surface area contributed by atoms with E-state index in [-0.39, 0.29) is 0 Å². The lowest BCUT2D eigenvalue weighted by atomic mass is 10.2. The second-order valence-corrected chi connectivity index (χ2v) is 4.07. The Balaban J connectivity index is 2.15. The van der Waals surface area contributed by atoms with Crippen molar-refractivity contribution in [3.63, 3.8) is 0 Å². The molecule has 6 heteroatoms. The van der Waals surface area contributed by atoms with Gasteiger partial charge < -0.3 is 4.74 Å². The highest BCUT2D eigenvalue weighted by Crippen LogP contribution is 2.21. The van der Waals surface area contributed by atoms with Crippen LogP contribution in [-0.4, -0.2) is 26.9 Å². The van der Waals surface area contributed by atoms with Crippen molar-refractivity contribution >= 4 is 17.2 Å². The van der Waals surface area contributed by atoms with Crippen LogP contribution >= 0.6 is 11.6 Å². The van der Waals surface area contributed by atoms with Crippen LogP contribution in [0.4, 0.5) is 0 Å². The van der Waals surface area contributed by atoms with Crippen molar-refractivity contribution in [2.45, 2.75) is 0 Å². The van der Waals surface area contributed by atoms with E-state index in [2.05, 4.69) is 15.3 Å². The van der Waals surface area contributed by atoms with Gasteiger partial charge in [-0.1, -0.05) is 11.6 Å². The molecule has 0 atom stereocenters. The fraction of sp³-hybridized carbons (Fsp3) is 0.0833. The number of halogens is 1. The second-order valence-electron chi connectivity index (χ2n) is 3.68. The summed E-state index contributed by atoms with van der Waals surface area (Å²) in [4.78, 5) is 0. The van der Waals surface area contributed by atoms with E-state index in [1.165, 1.54) is 0 Å². The number of hydrogen-bond acceptors (Lipinski definition) is 4. The summed E-state index contributed by atoms with van der Waals surface area (Å²) < 4.78 is 6.73. The van der Waals surface area contributed by atoms with Gasteiger partial charge >= 0.3 is 0 Å². The predicted molar refractivity (Wildman–Crippen MR) is 67.8 cm³/mol. The van der Waals surface area contributed by atoms with E-state index in [0.29, 0.717) is 16.6 Å². The Bertz CT molecular complexity index is 693. The molecule has 0 aliphatic carbocycles. The van der Waals surface area contributed by atoms with Crippen LogP contribution in [0.15, 0.2) is 36.4 Å². The number of hydrogen-bond donors (Lipinski definition) is 0. The molecule has 2 heterocycles. The number of methoxy groups -OCH3 is 1. The highest BCUT2D eigenvalue weighted by molar-refractivity contribution is 6.29. The number of aromatic nitrogens is 4. The number of benzene rings is 1. The van der Waals surface area contributed by atoms with Crippen LogP contribution in [0.25, 0.3) is 17.0 Å². The molecule has 3 aromatic rings. The van der Waals surface area contributed by atoms with E-state index in [1.807, 2.05) is 24.3 Å². The lowest BCUT2D eigenvalue weighted by Crippen LogP contribution is -1.94. The third kappa shape index (κ3) is 1.78. The fourth-order valence-electron chi connectivity index (χ4n) is 1.69. The lowest BCUT2D eigenvalue weighted by Gasteiger charge is -2.01. The molecule has 0 bridgehead atoms. The Morgan fingerprint density at radius 1 is 1.06 bits per heavy atom. The highest BCUT2D eigenvalue weighted by atomic mass is 35.5. The van der Waals surface area contributed by atoms with Crippen LogP contribution < -0.4 is 4.74 Å². The SMILES string of the molecule is COc1ccc(-c2nnc3ccc(Cl)nn23)cc1. The molecular weight excluding hydrogens is 252 g/mol. The molecule has 0 radical (unpaired) electrons. The van der Waals surface area contributed by atoms with Gasteiger partial charge in [0, 0.05) is 5.56 Å². The van der Waals surface area contributed by atoms with Gasteiger partial charge in [-0.3, -0.25) is 0 Å². The molecule has 0 aliphatic heterocycles. The summed E-state index contributed by atoms with van der Waals surface area (Å²) in [7, 11) is 1.63. The Labute approximate surface area is 108 Å². The van der Waals surface area contributed by atoms with Crippen molar-refractivity contribution in [2.24, 2.45) is 0 Å². The summed E-state index contributed by atoms with van der Waals surface area (Å²) in [5.41, 5.74) is 1.56. The molecule has 0 spiro atoms. The van der Waals surface area contributed by atoms with Crippen molar-refractivity contribution in [2.75, 3.05) is 7.11 Å². The molecular formula is C12H9ClN4O. The lowest BCUT2D eigenvalue weighted by molar-refractivity contribution is 0.415. The molecule has 0 N–H and O–H groups in total. The molecule has 2 aromatic heterocycles. The Morgan fingerprint density at radius 3 is 2.56 bits per heavy atom. The normalized spacial score (nSPS) is 10.8. The van der Waals surface area contributed by atoms with E-state index < -0.39 is 0 Å². The first-order valence-electron chi connectivity index (χ1n) is 5.30. The minimum absolute atomic E-state index is 0.400. The minimum Gasteiger partial charge on any atom is -0.497 e. The third-order valence-corrected chi connectivity index (χ3v) is 2.78. The van der Waals surface area contributed by atoms with Crippen LogP contribution in [0.5, 0.6) is 5.75 Å². The van der Waals surface area contributed by atoms with Gasteiger partial charge in [-0.25, -0.2) is 0 Å². The topological polar surface area (TPSA) is 52.3 Å². The van der Waals surface area contributed by atoms with Gasteiger partial charge in [0.2, 0.25) is 0 Å². The molecule has 18 heavy (non-hydrogen) atoms. The zero-order chi connectivity index (χ0) is 12.5. The first-order valence-corrected chi connectivity index (χ1v) is 5.68. The van der Waals surface area contributed by atoms with E-state index >= 15 is 0 Å². The molecule has 0 unspecified atom stereocenters. The Kier molecular flexibility index (Phi) is 2.60. The van der Waals surface area contributed by atoms with E-state index in [0.717, 1.165) is 11.3 Å². The molecule has 0 fully saturated rings. The quantitative estimate of drug-likeness (QED) is 0.710. The maximum Gasteiger partial charge on any atom is 0.185 e. The zero-order valence-corrected chi connectivity index (χ0v) is 10.3. The monoisotopic (exact) mass is 260 g/mol. The number of nitrogens with zero attached hydrogens (tertiary/aromatic N) is 4. The third-order valence-electron chi connectivity index (χ3n) is 2.58. The largest absolute Gasteiger partial charge is 0.497 e. The smallest absolute Gasteiger partial charge is 0.185 e. The van der Waals surface area contributed by atoms with Crippen molar-refractivity contribution in [3.05, 3.63) is 41.6 Å². The summed E-state index contributed by atoms with van der Waals surface area (Å²) in [6, 6.07) is 11.0. The van der Waals surface area contributed by atoms with Crippen LogP contribution in [-0.2, 0) is 0 Å². The Morgan fingerprint density at radius 2 is 1.83 bits per heavy atom. The second kappa shape index (κ2) is 4.27. The van der Waals surface area contributed by atoms with Crippen LogP contribution in [0.2, 0.25) is 5.15 Å². The van der Waals surface area contributed by atoms with Gasteiger partial charge in [0.1, 0.15) is 10.9 Å². The van der Waals surface area contributed by atoms with Gasteiger partial charge in [0.05, 0.1) is 7.11 Å². The van der Waals surface area contributed by atoms with Gasteiger partial charge in [-0.2, -0.15) is 9.61 Å². The molecule has 3 rings (SSSR count). The summed E-state index contributed by atoms with van der Waals surface area (Å²) in [5.74, 6) is 1.44. The van der Waals surface area contributed by atoms with E-state index in [1.54, 1.807) is 23.8 Å². The standard InChI is InChI=1S/C12H9ClN4O/c1-18-9-4-2-8(3-5-9)12-15-14-11-7-6-10(13)16-17(11)12/h2-7H,1H3. The number of fused-ring (bicyclic) bond motifs is 1. The molecule has 0 aliphatic rings. The molecule has 1 aromatic carbocycles. The van der Waals surface area contributed by atoms with Gasteiger partial charge in [0.15, 0.2) is 11.5 Å². The molecule has 0 saturated heterocycles. The summed E-state index contributed by atoms with van der Waals surface area (Å²) in [5, 5.41) is 12.7. The van der Waals surface area contributed by atoms with Crippen molar-refractivity contribution < 1.29 is 4.74 Å². The van der Waals surface area contributed by atoms with Gasteiger partial charge in [0.25, 0.3) is 0 Å². The van der Waals surface area contributed by atoms with Crippen molar-refractivity contribution in [3.8, 4) is 17.1 Å². The average Bonchev–Trinajstić information content (AvgIpc) is 2.82. The molecule has 90 valence electrons. The Hall–Kier alpha value is -2.14. The zero-order valence-electron chi connectivity index (χ0n) is 9.54. The summed E-state index contributed by atoms with van der Waals surface area (Å²) in [6.07, 6.45) is 0. The summed E-state index contributed by atoms with van der Waals surface area (Å²) >= 11 is 5.88.